The first-order chi connectivity index (χ1) is 11.7. The van der Waals surface area contributed by atoms with Crippen molar-refractivity contribution in [2.75, 3.05) is 0 Å². The molecule has 0 radical (unpaired) electrons. The van der Waals surface area contributed by atoms with Gasteiger partial charge in [-0.05, 0) is 42.5 Å². The van der Waals surface area contributed by atoms with Crippen molar-refractivity contribution in [3.05, 3.63) is 65.8 Å². The average Bonchev–Trinajstić information content (AvgIpc) is 3.01. The van der Waals surface area contributed by atoms with Crippen molar-refractivity contribution in [1.82, 2.24) is 9.97 Å². The molecular formula is C18H11ClN2O3. The Morgan fingerprint density at radius 2 is 1.83 bits per heavy atom. The molecule has 0 atom stereocenters. The fourth-order valence-electron chi connectivity index (χ4n) is 2.24. The molecule has 0 aliphatic heterocycles. The molecule has 2 aromatic heterocycles. The fraction of sp³-hybridized carbons (Fsp3) is 0. The van der Waals surface area contributed by atoms with Crippen molar-refractivity contribution >= 4 is 22.7 Å². The maximum absolute atomic E-state index is 9.36. The van der Waals surface area contributed by atoms with Crippen LogP contribution >= 0.6 is 11.6 Å². The minimum Gasteiger partial charge on any atom is -0.508 e. The van der Waals surface area contributed by atoms with Crippen LogP contribution in [0.1, 0.15) is 0 Å². The van der Waals surface area contributed by atoms with Gasteiger partial charge < -0.3 is 14.3 Å². The number of fused-ring (bicyclic) bond motifs is 1. The van der Waals surface area contributed by atoms with Gasteiger partial charge in [-0.1, -0.05) is 11.6 Å². The van der Waals surface area contributed by atoms with Crippen molar-refractivity contribution in [3.63, 3.8) is 0 Å². The van der Waals surface area contributed by atoms with E-state index in [1.165, 1.54) is 6.20 Å². The number of hydrogen-bond acceptors (Lipinski definition) is 5. The lowest BCUT2D eigenvalue weighted by Crippen LogP contribution is -1.86. The molecule has 2 heterocycles. The summed E-state index contributed by atoms with van der Waals surface area (Å²) in [6.07, 6.45) is 1.52. The molecule has 24 heavy (non-hydrogen) atoms. The van der Waals surface area contributed by atoms with Gasteiger partial charge in [0, 0.05) is 23.9 Å². The predicted octanol–water partition coefficient (Wildman–Crippen LogP) is 5.04. The van der Waals surface area contributed by atoms with Crippen molar-refractivity contribution in [3.8, 4) is 28.8 Å². The minimum atomic E-state index is 0.195. The highest BCUT2D eigenvalue weighted by Crippen LogP contribution is 2.29. The lowest BCUT2D eigenvalue weighted by atomic mass is 10.2. The van der Waals surface area contributed by atoms with Gasteiger partial charge >= 0.3 is 0 Å². The maximum Gasteiger partial charge on any atom is 0.227 e. The summed E-state index contributed by atoms with van der Waals surface area (Å²) in [6.45, 7) is 0. The molecule has 0 amide bonds. The summed E-state index contributed by atoms with van der Waals surface area (Å²) >= 11 is 5.81. The Morgan fingerprint density at radius 3 is 2.58 bits per heavy atom. The maximum atomic E-state index is 9.36. The van der Waals surface area contributed by atoms with Crippen molar-refractivity contribution in [2.45, 2.75) is 0 Å². The summed E-state index contributed by atoms with van der Waals surface area (Å²) in [5, 5.41) is 9.90. The first-order valence-corrected chi connectivity index (χ1v) is 7.54. The molecule has 0 saturated heterocycles. The highest BCUT2D eigenvalue weighted by atomic mass is 35.5. The smallest absolute Gasteiger partial charge is 0.227 e. The second-order valence-corrected chi connectivity index (χ2v) is 5.55. The van der Waals surface area contributed by atoms with Gasteiger partial charge in [0.25, 0.3) is 0 Å². The van der Waals surface area contributed by atoms with E-state index < -0.39 is 0 Å². The third-order valence-electron chi connectivity index (χ3n) is 3.40. The van der Waals surface area contributed by atoms with E-state index in [1.807, 2.05) is 6.07 Å². The van der Waals surface area contributed by atoms with Crippen molar-refractivity contribution in [2.24, 2.45) is 0 Å². The molecule has 0 unspecified atom stereocenters. The largest absolute Gasteiger partial charge is 0.508 e. The summed E-state index contributed by atoms with van der Waals surface area (Å²) in [4.78, 5) is 8.53. The van der Waals surface area contributed by atoms with E-state index in [0.717, 1.165) is 11.1 Å². The van der Waals surface area contributed by atoms with Crippen molar-refractivity contribution in [1.29, 1.82) is 0 Å². The molecule has 5 nitrogen and oxygen atoms in total. The fourth-order valence-corrected chi connectivity index (χ4v) is 2.35. The van der Waals surface area contributed by atoms with Gasteiger partial charge in [0.2, 0.25) is 11.8 Å². The molecule has 4 aromatic rings. The zero-order chi connectivity index (χ0) is 16.5. The Kier molecular flexibility index (Phi) is 3.55. The summed E-state index contributed by atoms with van der Waals surface area (Å²) in [5.41, 5.74) is 2.10. The van der Waals surface area contributed by atoms with Gasteiger partial charge in [0.05, 0.1) is 5.02 Å². The lowest BCUT2D eigenvalue weighted by molar-refractivity contribution is 0.462. The van der Waals surface area contributed by atoms with E-state index in [1.54, 1.807) is 48.5 Å². The third-order valence-corrected chi connectivity index (χ3v) is 3.62. The number of pyridine rings is 1. The Morgan fingerprint density at radius 1 is 1.00 bits per heavy atom. The van der Waals surface area contributed by atoms with Crippen LogP contribution in [0.2, 0.25) is 5.02 Å². The molecule has 1 N–H and O–H groups in total. The van der Waals surface area contributed by atoms with Crippen LogP contribution in [0.25, 0.3) is 22.6 Å². The SMILES string of the molecule is Oc1ccc(-c2nc3ccc(Oc4ccc(Cl)cn4)cc3o2)cc1. The number of aromatic nitrogens is 2. The van der Waals surface area contributed by atoms with Crippen LogP contribution in [-0.2, 0) is 0 Å². The molecule has 4 rings (SSSR count). The predicted molar refractivity (Wildman–Crippen MR) is 90.4 cm³/mol. The molecule has 0 spiro atoms. The molecule has 6 heteroatoms. The minimum absolute atomic E-state index is 0.195. The molecule has 2 aromatic carbocycles. The summed E-state index contributed by atoms with van der Waals surface area (Å²) in [6, 6.07) is 15.4. The van der Waals surface area contributed by atoms with Crippen LogP contribution in [0.5, 0.6) is 17.4 Å². The number of nitrogens with zero attached hydrogens (tertiary/aromatic N) is 2. The van der Waals surface area contributed by atoms with Gasteiger partial charge in [0.15, 0.2) is 5.58 Å². The third kappa shape index (κ3) is 2.89. The van der Waals surface area contributed by atoms with Gasteiger partial charge in [-0.3, -0.25) is 0 Å². The first-order valence-electron chi connectivity index (χ1n) is 7.17. The average molecular weight is 339 g/mol. The second-order valence-electron chi connectivity index (χ2n) is 5.11. The van der Waals surface area contributed by atoms with E-state index in [2.05, 4.69) is 9.97 Å². The Labute approximate surface area is 142 Å². The Bertz CT molecular complexity index is 995. The number of hydrogen-bond donors (Lipinski definition) is 1. The monoisotopic (exact) mass is 338 g/mol. The number of halogens is 1. The molecule has 0 saturated carbocycles. The topological polar surface area (TPSA) is 68.4 Å². The number of oxazole rings is 1. The van der Waals surface area contributed by atoms with Crippen molar-refractivity contribution < 1.29 is 14.3 Å². The number of rotatable bonds is 3. The van der Waals surface area contributed by atoms with Crippen LogP contribution in [0, 0.1) is 0 Å². The molecular weight excluding hydrogens is 328 g/mol. The first kappa shape index (κ1) is 14.5. The molecule has 0 aliphatic rings. The van der Waals surface area contributed by atoms with Crippen LogP contribution in [-0.4, -0.2) is 15.1 Å². The highest BCUT2D eigenvalue weighted by Gasteiger charge is 2.10. The van der Waals surface area contributed by atoms with Gasteiger partial charge in [-0.2, -0.15) is 0 Å². The number of phenols is 1. The van der Waals surface area contributed by atoms with Crippen LogP contribution < -0.4 is 4.74 Å². The summed E-state index contributed by atoms with van der Waals surface area (Å²) in [7, 11) is 0. The van der Waals surface area contributed by atoms with E-state index >= 15 is 0 Å². The number of phenolic OH excluding ortho intramolecular Hbond substituents is 1. The van der Waals surface area contributed by atoms with Crippen LogP contribution in [0.3, 0.4) is 0 Å². The number of aromatic hydroxyl groups is 1. The summed E-state index contributed by atoms with van der Waals surface area (Å²) < 4.78 is 11.5. The van der Waals surface area contributed by atoms with E-state index in [-0.39, 0.29) is 5.75 Å². The van der Waals surface area contributed by atoms with Gasteiger partial charge in [-0.25, -0.2) is 9.97 Å². The molecule has 0 fully saturated rings. The quantitative estimate of drug-likeness (QED) is 0.566. The van der Waals surface area contributed by atoms with Crippen LogP contribution in [0.15, 0.2) is 65.2 Å². The van der Waals surface area contributed by atoms with Gasteiger partial charge in [0.1, 0.15) is 17.0 Å². The molecule has 118 valence electrons. The zero-order valence-corrected chi connectivity index (χ0v) is 13.1. The van der Waals surface area contributed by atoms with Gasteiger partial charge in [-0.15, -0.1) is 0 Å². The standard InChI is InChI=1S/C18H11ClN2O3/c19-12-3-8-17(20-10-12)23-14-6-7-15-16(9-14)24-18(21-15)11-1-4-13(22)5-2-11/h1-10,22H. The van der Waals surface area contributed by atoms with E-state index in [0.29, 0.717) is 28.1 Å². The molecule has 0 bridgehead atoms. The normalized spacial score (nSPS) is 10.9. The van der Waals surface area contributed by atoms with Crippen LogP contribution in [0.4, 0.5) is 0 Å². The number of ether oxygens (including phenoxy) is 1. The second kappa shape index (κ2) is 5.86. The van der Waals surface area contributed by atoms with E-state index in [9.17, 15) is 5.11 Å². The highest BCUT2D eigenvalue weighted by molar-refractivity contribution is 6.30. The number of benzene rings is 2. The lowest BCUT2D eigenvalue weighted by Gasteiger charge is -2.03. The Balaban J connectivity index is 1.65. The zero-order valence-electron chi connectivity index (χ0n) is 12.3. The summed E-state index contributed by atoms with van der Waals surface area (Å²) in [5.74, 6) is 1.70. The Hall–Kier alpha value is -3.05. The molecule has 0 aliphatic carbocycles. The van der Waals surface area contributed by atoms with E-state index in [4.69, 9.17) is 20.8 Å².